The number of rotatable bonds is 3. The lowest BCUT2D eigenvalue weighted by atomic mass is 10.1. The Balaban J connectivity index is 1.51. The molecule has 0 radical (unpaired) electrons. The van der Waals surface area contributed by atoms with Gasteiger partial charge in [-0.3, -0.25) is 9.59 Å². The van der Waals surface area contributed by atoms with Crippen molar-refractivity contribution in [2.75, 3.05) is 22.5 Å². The van der Waals surface area contributed by atoms with Crippen LogP contribution in [-0.2, 0) is 0 Å². The summed E-state index contributed by atoms with van der Waals surface area (Å²) in [7, 11) is 0. The van der Waals surface area contributed by atoms with Crippen LogP contribution >= 0.6 is 11.8 Å². The number of amides is 2. The lowest BCUT2D eigenvalue weighted by Gasteiger charge is -2.22. The third kappa shape index (κ3) is 4.17. The molecule has 2 heterocycles. The fourth-order valence-corrected chi connectivity index (χ4v) is 4.23. The van der Waals surface area contributed by atoms with Crippen LogP contribution in [0.4, 0.5) is 11.4 Å². The second-order valence-corrected chi connectivity index (χ2v) is 7.92. The molecule has 2 aromatic carbocycles. The Bertz CT molecular complexity index is 1050. The van der Waals surface area contributed by atoms with Gasteiger partial charge in [-0.15, -0.1) is 11.8 Å². The number of nitrogens with one attached hydrogen (secondary N) is 1. The first-order valence-electron chi connectivity index (χ1n) is 9.50. The quantitative estimate of drug-likeness (QED) is 0.683. The molecule has 0 spiro atoms. The monoisotopic (exact) mass is 403 g/mol. The molecule has 5 nitrogen and oxygen atoms in total. The number of fused-ring (bicyclic) bond motifs is 1. The van der Waals surface area contributed by atoms with Crippen molar-refractivity contribution in [3.63, 3.8) is 0 Å². The number of aromatic nitrogens is 1. The molecule has 1 aromatic heterocycles. The third-order valence-corrected chi connectivity index (χ3v) is 5.91. The van der Waals surface area contributed by atoms with Crippen LogP contribution in [0.5, 0.6) is 0 Å². The number of anilines is 2. The van der Waals surface area contributed by atoms with Crippen molar-refractivity contribution < 1.29 is 9.59 Å². The van der Waals surface area contributed by atoms with Gasteiger partial charge in [0, 0.05) is 35.3 Å². The normalized spacial score (nSPS) is 13.3. The lowest BCUT2D eigenvalue weighted by Crippen LogP contribution is -2.31. The maximum atomic E-state index is 13.1. The highest BCUT2D eigenvalue weighted by Gasteiger charge is 2.23. The number of aryl methyl sites for hydroxylation is 1. The molecule has 0 bridgehead atoms. The van der Waals surface area contributed by atoms with Gasteiger partial charge in [-0.2, -0.15) is 0 Å². The molecule has 0 atom stereocenters. The molecule has 146 valence electrons. The second-order valence-electron chi connectivity index (χ2n) is 6.83. The van der Waals surface area contributed by atoms with Crippen LogP contribution in [0, 0.1) is 6.92 Å². The van der Waals surface area contributed by atoms with Crippen molar-refractivity contribution in [2.45, 2.75) is 18.4 Å². The second kappa shape index (κ2) is 8.49. The largest absolute Gasteiger partial charge is 0.322 e. The van der Waals surface area contributed by atoms with E-state index >= 15 is 0 Å². The predicted octanol–water partition coefficient (Wildman–Crippen LogP) is 4.78. The molecule has 6 heteroatoms. The van der Waals surface area contributed by atoms with Crippen molar-refractivity contribution in [3.05, 3.63) is 83.6 Å². The number of thioether (sulfide) groups is 1. The Labute approximate surface area is 174 Å². The van der Waals surface area contributed by atoms with E-state index in [2.05, 4.69) is 10.3 Å². The highest BCUT2D eigenvalue weighted by atomic mass is 32.2. The SMILES string of the molecule is Cc1ccccc1C(=O)Nc1ccc(C(=O)N2CCCSc3ncccc32)cc1. The van der Waals surface area contributed by atoms with Gasteiger partial charge in [0.25, 0.3) is 11.8 Å². The minimum absolute atomic E-state index is 0.0569. The summed E-state index contributed by atoms with van der Waals surface area (Å²) in [5, 5.41) is 3.78. The average Bonchev–Trinajstić information content (AvgIpc) is 2.96. The lowest BCUT2D eigenvalue weighted by molar-refractivity contribution is 0.0985. The first-order chi connectivity index (χ1) is 14.1. The summed E-state index contributed by atoms with van der Waals surface area (Å²) in [6, 6.07) is 18.3. The summed E-state index contributed by atoms with van der Waals surface area (Å²) in [6.07, 6.45) is 2.67. The van der Waals surface area contributed by atoms with Crippen LogP contribution in [-0.4, -0.2) is 29.1 Å². The van der Waals surface area contributed by atoms with Crippen molar-refractivity contribution in [2.24, 2.45) is 0 Å². The van der Waals surface area contributed by atoms with E-state index in [1.165, 1.54) is 0 Å². The van der Waals surface area contributed by atoms with Crippen LogP contribution in [0.15, 0.2) is 71.9 Å². The van der Waals surface area contributed by atoms with Crippen LogP contribution in [0.1, 0.15) is 32.7 Å². The van der Waals surface area contributed by atoms with Gasteiger partial charge < -0.3 is 10.2 Å². The van der Waals surface area contributed by atoms with E-state index in [1.54, 1.807) is 53.2 Å². The van der Waals surface area contributed by atoms with Crippen LogP contribution in [0.3, 0.4) is 0 Å². The molecular formula is C23H21N3O2S. The van der Waals surface area contributed by atoms with Crippen LogP contribution < -0.4 is 10.2 Å². The minimum Gasteiger partial charge on any atom is -0.322 e. The molecule has 1 aliphatic rings. The van der Waals surface area contributed by atoms with E-state index in [0.717, 1.165) is 28.5 Å². The summed E-state index contributed by atoms with van der Waals surface area (Å²) >= 11 is 1.68. The maximum Gasteiger partial charge on any atom is 0.258 e. The van der Waals surface area contributed by atoms with Gasteiger partial charge >= 0.3 is 0 Å². The van der Waals surface area contributed by atoms with Gasteiger partial charge in [0.2, 0.25) is 0 Å². The summed E-state index contributed by atoms with van der Waals surface area (Å²) in [5.41, 5.74) is 3.66. The number of carbonyl (C=O) groups excluding carboxylic acids is 2. The zero-order chi connectivity index (χ0) is 20.2. The van der Waals surface area contributed by atoms with Crippen molar-refractivity contribution in [1.29, 1.82) is 0 Å². The Morgan fingerprint density at radius 3 is 2.62 bits per heavy atom. The standard InChI is InChI=1S/C23H21N3O2S/c1-16-6-2-3-7-19(16)21(27)25-18-11-9-17(10-12-18)23(28)26-14-5-15-29-22-20(26)8-4-13-24-22/h2-4,6-13H,5,14-15H2,1H3,(H,25,27). The molecule has 0 saturated carbocycles. The van der Waals surface area contributed by atoms with Gasteiger partial charge in [0.1, 0.15) is 5.03 Å². The Hall–Kier alpha value is -3.12. The van der Waals surface area contributed by atoms with Crippen molar-refractivity contribution in [3.8, 4) is 0 Å². The first kappa shape index (κ1) is 19.2. The molecule has 0 saturated heterocycles. The first-order valence-corrected chi connectivity index (χ1v) is 10.5. The van der Waals surface area contributed by atoms with Gasteiger partial charge in [0.15, 0.2) is 0 Å². The maximum absolute atomic E-state index is 13.1. The molecule has 2 amide bonds. The van der Waals surface area contributed by atoms with E-state index in [0.29, 0.717) is 23.4 Å². The fourth-order valence-electron chi connectivity index (χ4n) is 3.30. The van der Waals surface area contributed by atoms with E-state index in [1.807, 2.05) is 37.3 Å². The van der Waals surface area contributed by atoms with Crippen molar-refractivity contribution in [1.82, 2.24) is 4.98 Å². The zero-order valence-electron chi connectivity index (χ0n) is 16.1. The van der Waals surface area contributed by atoms with E-state index in [9.17, 15) is 9.59 Å². The average molecular weight is 404 g/mol. The molecular weight excluding hydrogens is 382 g/mol. The molecule has 1 N–H and O–H groups in total. The highest BCUT2D eigenvalue weighted by Crippen LogP contribution is 2.32. The predicted molar refractivity (Wildman–Crippen MR) is 117 cm³/mol. The molecule has 3 aromatic rings. The smallest absolute Gasteiger partial charge is 0.258 e. The Morgan fingerprint density at radius 2 is 1.83 bits per heavy atom. The number of nitrogens with zero attached hydrogens (tertiary/aromatic N) is 2. The molecule has 29 heavy (non-hydrogen) atoms. The van der Waals surface area contributed by atoms with Gasteiger partial charge in [-0.1, -0.05) is 18.2 Å². The minimum atomic E-state index is -0.160. The topological polar surface area (TPSA) is 62.3 Å². The Morgan fingerprint density at radius 1 is 1.03 bits per heavy atom. The molecule has 0 aliphatic carbocycles. The molecule has 0 unspecified atom stereocenters. The van der Waals surface area contributed by atoms with E-state index in [-0.39, 0.29) is 11.8 Å². The Kier molecular flexibility index (Phi) is 5.62. The number of hydrogen-bond donors (Lipinski definition) is 1. The van der Waals surface area contributed by atoms with E-state index < -0.39 is 0 Å². The number of carbonyl (C=O) groups is 2. The summed E-state index contributed by atoms with van der Waals surface area (Å²) in [5.74, 6) is 0.725. The number of hydrogen-bond acceptors (Lipinski definition) is 4. The van der Waals surface area contributed by atoms with Gasteiger partial charge in [-0.05, 0) is 61.4 Å². The zero-order valence-corrected chi connectivity index (χ0v) is 16.9. The van der Waals surface area contributed by atoms with Crippen LogP contribution in [0.25, 0.3) is 0 Å². The fraction of sp³-hybridized carbons (Fsp3) is 0.174. The summed E-state index contributed by atoms with van der Waals surface area (Å²) in [4.78, 5) is 31.8. The molecule has 0 fully saturated rings. The number of benzene rings is 2. The van der Waals surface area contributed by atoms with E-state index in [4.69, 9.17) is 0 Å². The third-order valence-electron chi connectivity index (χ3n) is 4.83. The van der Waals surface area contributed by atoms with Crippen LogP contribution in [0.2, 0.25) is 0 Å². The summed E-state index contributed by atoms with van der Waals surface area (Å²) < 4.78 is 0. The molecule has 1 aliphatic heterocycles. The van der Waals surface area contributed by atoms with Gasteiger partial charge in [0.05, 0.1) is 5.69 Å². The summed E-state index contributed by atoms with van der Waals surface area (Å²) in [6.45, 7) is 2.57. The van der Waals surface area contributed by atoms with Gasteiger partial charge in [-0.25, -0.2) is 4.98 Å². The molecule has 4 rings (SSSR count). The highest BCUT2D eigenvalue weighted by molar-refractivity contribution is 7.99. The van der Waals surface area contributed by atoms with Crippen molar-refractivity contribution >= 4 is 35.0 Å². The number of pyridine rings is 1.